The number of benzene rings is 1. The van der Waals surface area contributed by atoms with Gasteiger partial charge in [0.25, 0.3) is 0 Å². The van der Waals surface area contributed by atoms with Crippen molar-refractivity contribution in [3.8, 4) is 0 Å². The average Bonchev–Trinajstić information content (AvgIpc) is 2.34. The summed E-state index contributed by atoms with van der Waals surface area (Å²) < 4.78 is 0. The summed E-state index contributed by atoms with van der Waals surface area (Å²) in [6.45, 7) is 5.58. The molecule has 3 N–H and O–H groups in total. The lowest BCUT2D eigenvalue weighted by atomic mass is 10.2. The van der Waals surface area contributed by atoms with Crippen LogP contribution in [-0.2, 0) is 11.3 Å². The van der Waals surface area contributed by atoms with Gasteiger partial charge < -0.3 is 15.7 Å². The van der Waals surface area contributed by atoms with Gasteiger partial charge in [-0.15, -0.1) is 0 Å². The first kappa shape index (κ1) is 13.3. The predicted octanol–water partition coefficient (Wildman–Crippen LogP) is 0.787. The van der Waals surface area contributed by atoms with Gasteiger partial charge in [0.15, 0.2) is 0 Å². The van der Waals surface area contributed by atoms with Gasteiger partial charge in [-0.1, -0.05) is 36.9 Å². The first-order valence-electron chi connectivity index (χ1n) is 5.48. The number of hydrogen-bond donors (Lipinski definition) is 3. The van der Waals surface area contributed by atoms with Gasteiger partial charge in [-0.05, 0) is 12.5 Å². The highest BCUT2D eigenvalue weighted by atomic mass is 16.3. The van der Waals surface area contributed by atoms with Crippen molar-refractivity contribution in [2.24, 2.45) is 0 Å². The molecular weight excluding hydrogens is 216 g/mol. The van der Waals surface area contributed by atoms with Crippen molar-refractivity contribution in [3.63, 3.8) is 0 Å². The highest BCUT2D eigenvalue weighted by Gasteiger charge is 2.15. The third-order valence-electron chi connectivity index (χ3n) is 2.23. The summed E-state index contributed by atoms with van der Waals surface area (Å²) in [4.78, 5) is 11.7. The van der Waals surface area contributed by atoms with Gasteiger partial charge in [-0.2, -0.15) is 0 Å². The Morgan fingerprint density at radius 3 is 2.59 bits per heavy atom. The molecule has 0 radical (unpaired) electrons. The zero-order chi connectivity index (χ0) is 12.7. The Balaban J connectivity index is 2.45. The zero-order valence-electron chi connectivity index (χ0n) is 9.94. The number of allylic oxidation sites excluding steroid dienone is 1. The number of hydrogen-bond acceptors (Lipinski definition) is 3. The minimum absolute atomic E-state index is 0.237. The Hall–Kier alpha value is -1.81. The normalized spacial score (nSPS) is 11.6. The summed E-state index contributed by atoms with van der Waals surface area (Å²) in [5.74, 6) is -0.237. The van der Waals surface area contributed by atoms with Gasteiger partial charge in [0.2, 0.25) is 5.91 Å². The summed E-state index contributed by atoms with van der Waals surface area (Å²) in [7, 11) is 0. The lowest BCUT2D eigenvalue weighted by Crippen LogP contribution is -2.45. The molecule has 4 heteroatoms. The Morgan fingerprint density at radius 1 is 1.41 bits per heavy atom. The molecular formula is C13H18N2O2. The van der Waals surface area contributed by atoms with Crippen LogP contribution in [0.3, 0.4) is 0 Å². The van der Waals surface area contributed by atoms with E-state index in [0.29, 0.717) is 12.2 Å². The molecule has 0 heterocycles. The lowest BCUT2D eigenvalue weighted by molar-refractivity contribution is -0.124. The van der Waals surface area contributed by atoms with Crippen molar-refractivity contribution in [2.75, 3.05) is 6.61 Å². The van der Waals surface area contributed by atoms with Crippen LogP contribution in [0.15, 0.2) is 42.6 Å². The van der Waals surface area contributed by atoms with E-state index in [1.54, 1.807) is 6.92 Å². The first-order valence-corrected chi connectivity index (χ1v) is 5.48. The second-order valence-corrected chi connectivity index (χ2v) is 3.86. The molecule has 4 nitrogen and oxygen atoms in total. The van der Waals surface area contributed by atoms with E-state index in [0.717, 1.165) is 5.56 Å². The number of nitrogens with one attached hydrogen (secondary N) is 2. The van der Waals surface area contributed by atoms with E-state index in [4.69, 9.17) is 5.11 Å². The van der Waals surface area contributed by atoms with Gasteiger partial charge in [-0.3, -0.25) is 4.79 Å². The van der Waals surface area contributed by atoms with E-state index < -0.39 is 6.04 Å². The standard InChI is InChI=1S/C13H18N2O2/c1-10(2)15-12(9-16)13(17)14-8-11-6-4-3-5-7-11/h3-7,12,15-16H,1,8-9H2,2H3,(H,14,17)/t12-/m1/s1. The predicted molar refractivity (Wildman–Crippen MR) is 67.1 cm³/mol. The summed E-state index contributed by atoms with van der Waals surface area (Å²) in [5, 5.41) is 14.6. The molecule has 0 aliphatic rings. The molecule has 0 aliphatic carbocycles. The minimum Gasteiger partial charge on any atom is -0.394 e. The maximum Gasteiger partial charge on any atom is 0.245 e. The van der Waals surface area contributed by atoms with Crippen LogP contribution in [-0.4, -0.2) is 23.7 Å². The van der Waals surface area contributed by atoms with E-state index in [1.165, 1.54) is 0 Å². The highest BCUT2D eigenvalue weighted by Crippen LogP contribution is 1.98. The fraction of sp³-hybridized carbons (Fsp3) is 0.308. The summed E-state index contributed by atoms with van der Waals surface area (Å²) in [6.07, 6.45) is 0. The molecule has 0 aromatic heterocycles. The number of carbonyl (C=O) groups excluding carboxylic acids is 1. The van der Waals surface area contributed by atoms with E-state index >= 15 is 0 Å². The van der Waals surface area contributed by atoms with Gasteiger partial charge in [0.05, 0.1) is 6.61 Å². The number of rotatable bonds is 6. The van der Waals surface area contributed by atoms with Crippen LogP contribution in [0.1, 0.15) is 12.5 Å². The number of amides is 1. The molecule has 0 saturated carbocycles. The summed E-state index contributed by atoms with van der Waals surface area (Å²) in [5.41, 5.74) is 1.67. The quantitative estimate of drug-likeness (QED) is 0.682. The SMILES string of the molecule is C=C(C)N[C@H](CO)C(=O)NCc1ccccc1. The molecule has 1 aromatic carbocycles. The maximum atomic E-state index is 11.7. The van der Waals surface area contributed by atoms with Gasteiger partial charge in [0.1, 0.15) is 6.04 Å². The van der Waals surface area contributed by atoms with Crippen molar-refractivity contribution < 1.29 is 9.90 Å². The van der Waals surface area contributed by atoms with Crippen LogP contribution < -0.4 is 10.6 Å². The molecule has 0 fully saturated rings. The zero-order valence-corrected chi connectivity index (χ0v) is 9.94. The topological polar surface area (TPSA) is 61.4 Å². The molecule has 1 atom stereocenters. The smallest absolute Gasteiger partial charge is 0.245 e. The summed E-state index contributed by atoms with van der Waals surface area (Å²) in [6, 6.07) is 8.97. The van der Waals surface area contributed by atoms with Crippen LogP contribution in [0.2, 0.25) is 0 Å². The molecule has 92 valence electrons. The maximum absolute atomic E-state index is 11.7. The van der Waals surface area contributed by atoms with Gasteiger partial charge >= 0.3 is 0 Å². The van der Waals surface area contributed by atoms with Crippen molar-refractivity contribution in [3.05, 3.63) is 48.2 Å². The number of aliphatic hydroxyl groups is 1. The minimum atomic E-state index is -0.642. The Morgan fingerprint density at radius 2 is 2.06 bits per heavy atom. The van der Waals surface area contributed by atoms with Crippen LogP contribution in [0.25, 0.3) is 0 Å². The van der Waals surface area contributed by atoms with Crippen LogP contribution in [0, 0.1) is 0 Å². The molecule has 17 heavy (non-hydrogen) atoms. The molecule has 0 bridgehead atoms. The molecule has 0 saturated heterocycles. The molecule has 0 spiro atoms. The Kier molecular flexibility index (Phi) is 5.23. The Labute approximate surface area is 101 Å². The molecule has 1 aromatic rings. The fourth-order valence-electron chi connectivity index (χ4n) is 1.40. The van der Waals surface area contributed by atoms with Crippen molar-refractivity contribution in [1.82, 2.24) is 10.6 Å². The number of carbonyl (C=O) groups is 1. The first-order chi connectivity index (χ1) is 8.13. The number of aliphatic hydroxyl groups excluding tert-OH is 1. The van der Waals surface area contributed by atoms with Crippen molar-refractivity contribution in [2.45, 2.75) is 19.5 Å². The third-order valence-corrected chi connectivity index (χ3v) is 2.23. The second kappa shape index (κ2) is 6.70. The van der Waals surface area contributed by atoms with Crippen LogP contribution >= 0.6 is 0 Å². The second-order valence-electron chi connectivity index (χ2n) is 3.86. The van der Waals surface area contributed by atoms with Crippen molar-refractivity contribution in [1.29, 1.82) is 0 Å². The Bertz CT molecular complexity index is 376. The van der Waals surface area contributed by atoms with Crippen LogP contribution in [0.4, 0.5) is 0 Å². The largest absolute Gasteiger partial charge is 0.394 e. The monoisotopic (exact) mass is 234 g/mol. The third kappa shape index (κ3) is 4.70. The summed E-state index contributed by atoms with van der Waals surface area (Å²) >= 11 is 0. The van der Waals surface area contributed by atoms with E-state index in [2.05, 4.69) is 17.2 Å². The van der Waals surface area contributed by atoms with Gasteiger partial charge in [0, 0.05) is 12.2 Å². The molecule has 0 aliphatic heterocycles. The molecule has 0 unspecified atom stereocenters. The van der Waals surface area contributed by atoms with Crippen LogP contribution in [0.5, 0.6) is 0 Å². The molecule has 1 amide bonds. The highest BCUT2D eigenvalue weighted by molar-refractivity contribution is 5.82. The van der Waals surface area contributed by atoms with E-state index in [-0.39, 0.29) is 12.5 Å². The van der Waals surface area contributed by atoms with E-state index in [9.17, 15) is 4.79 Å². The van der Waals surface area contributed by atoms with E-state index in [1.807, 2.05) is 30.3 Å². The van der Waals surface area contributed by atoms with Gasteiger partial charge in [-0.25, -0.2) is 0 Å². The molecule has 1 rings (SSSR count). The van der Waals surface area contributed by atoms with Crippen molar-refractivity contribution >= 4 is 5.91 Å². The fourth-order valence-corrected chi connectivity index (χ4v) is 1.40. The lowest BCUT2D eigenvalue weighted by Gasteiger charge is -2.16. The average molecular weight is 234 g/mol.